The highest BCUT2D eigenvalue weighted by Gasteiger charge is 2.22. The van der Waals surface area contributed by atoms with Crippen LogP contribution < -0.4 is 11.2 Å². The molecule has 2 rings (SSSR count). The second-order valence-corrected chi connectivity index (χ2v) is 6.48. The molecule has 0 aliphatic heterocycles. The van der Waals surface area contributed by atoms with E-state index in [1.165, 1.54) is 14.0 Å². The van der Waals surface area contributed by atoms with Crippen molar-refractivity contribution in [1.29, 1.82) is 0 Å². The third kappa shape index (κ3) is 1.86. The largest absolute Gasteiger partial charge is 0.335 e. The first-order valence-corrected chi connectivity index (χ1v) is 7.05. The number of imidazole rings is 1. The van der Waals surface area contributed by atoms with Crippen LogP contribution in [0.4, 0.5) is 0 Å². The molecule has 0 spiro atoms. The summed E-state index contributed by atoms with van der Waals surface area (Å²) in [5.41, 5.74) is -0.998. The van der Waals surface area contributed by atoms with Crippen LogP contribution in [0.3, 0.4) is 0 Å². The Morgan fingerprint density at radius 1 is 1.28 bits per heavy atom. The third-order valence-electron chi connectivity index (χ3n) is 2.80. The number of aryl methyl sites for hydroxylation is 1. The molecular weight excluding hydrogens is 260 g/mol. The molecule has 0 radical (unpaired) electrons. The Balaban J connectivity index is 2.80. The lowest BCUT2D eigenvalue weighted by Gasteiger charge is -2.04. The first-order valence-electron chi connectivity index (χ1n) is 5.09. The highest BCUT2D eigenvalue weighted by Crippen LogP contribution is 2.19. The molecule has 1 atom stereocenters. The molecule has 0 amide bonds. The number of H-pyrrole nitrogens is 2. The maximum Gasteiger partial charge on any atom is 0.329 e. The van der Waals surface area contributed by atoms with Crippen LogP contribution in [0.2, 0.25) is 0 Å². The number of sulfone groups is 1. The topological polar surface area (TPSA) is 118 Å². The Bertz CT molecular complexity index is 826. The quantitative estimate of drug-likeness (QED) is 0.731. The fraction of sp³-hybridized carbons (Fsp3) is 0.444. The van der Waals surface area contributed by atoms with Gasteiger partial charge in [0.1, 0.15) is 16.6 Å². The average molecular weight is 272 g/mol. The lowest BCUT2D eigenvalue weighted by molar-refractivity contribution is 0.590. The van der Waals surface area contributed by atoms with Gasteiger partial charge in [0.15, 0.2) is 15.5 Å². The predicted molar refractivity (Wildman–Crippen MR) is 65.2 cm³/mol. The molecule has 0 aromatic carbocycles. The predicted octanol–water partition coefficient (Wildman–Crippen LogP) is -0.944. The summed E-state index contributed by atoms with van der Waals surface area (Å²) in [4.78, 5) is 31.7. The van der Waals surface area contributed by atoms with Crippen LogP contribution in [0.25, 0.3) is 11.2 Å². The van der Waals surface area contributed by atoms with Gasteiger partial charge in [-0.05, 0) is 6.92 Å². The van der Waals surface area contributed by atoms with Crippen LogP contribution in [-0.2, 0) is 16.9 Å². The van der Waals surface area contributed by atoms with Gasteiger partial charge in [-0.1, -0.05) is 0 Å². The van der Waals surface area contributed by atoms with Crippen molar-refractivity contribution in [1.82, 2.24) is 19.5 Å². The van der Waals surface area contributed by atoms with Crippen LogP contribution >= 0.6 is 0 Å². The van der Waals surface area contributed by atoms with Crippen molar-refractivity contribution >= 4 is 21.0 Å². The minimum Gasteiger partial charge on any atom is -0.335 e. The fourth-order valence-corrected chi connectivity index (χ4v) is 2.04. The summed E-state index contributed by atoms with van der Waals surface area (Å²) >= 11 is 0. The first kappa shape index (κ1) is 12.6. The molecule has 9 heteroatoms. The number of nitrogens with one attached hydrogen (secondary N) is 2. The molecule has 98 valence electrons. The molecule has 1 unspecified atom stereocenters. The number of nitrogens with zero attached hydrogens (tertiary/aromatic N) is 2. The van der Waals surface area contributed by atoms with Crippen molar-refractivity contribution in [3.8, 4) is 0 Å². The molecule has 0 aliphatic rings. The highest BCUT2D eigenvalue weighted by molar-refractivity contribution is 7.90. The molecule has 2 aromatic rings. The molecule has 8 nitrogen and oxygen atoms in total. The van der Waals surface area contributed by atoms with Crippen LogP contribution in [-0.4, -0.2) is 34.2 Å². The summed E-state index contributed by atoms with van der Waals surface area (Å²) in [5, 5.41) is -0.876. The lowest BCUT2D eigenvalue weighted by atomic mass is 10.5. The number of rotatable bonds is 2. The average Bonchev–Trinajstić information content (AvgIpc) is 2.69. The van der Waals surface area contributed by atoms with Gasteiger partial charge in [-0.3, -0.25) is 14.3 Å². The smallest absolute Gasteiger partial charge is 0.329 e. The molecule has 0 bridgehead atoms. The molecular formula is C9H12N4O4S. The van der Waals surface area contributed by atoms with E-state index in [4.69, 9.17) is 0 Å². The van der Waals surface area contributed by atoms with Crippen molar-refractivity contribution in [2.24, 2.45) is 7.05 Å². The number of aromatic nitrogens is 4. The minimum absolute atomic E-state index is 0.0857. The van der Waals surface area contributed by atoms with Crippen molar-refractivity contribution in [3.63, 3.8) is 0 Å². The normalized spacial score (nSPS) is 13.9. The maximum absolute atomic E-state index is 11.5. The Kier molecular flexibility index (Phi) is 2.65. The third-order valence-corrected chi connectivity index (χ3v) is 4.31. The van der Waals surface area contributed by atoms with Crippen molar-refractivity contribution < 1.29 is 8.42 Å². The molecule has 18 heavy (non-hydrogen) atoms. The molecule has 0 fully saturated rings. The van der Waals surface area contributed by atoms with Gasteiger partial charge in [-0.25, -0.2) is 18.2 Å². The summed E-state index contributed by atoms with van der Waals surface area (Å²) in [6.07, 6.45) is 1.08. The first-order chi connectivity index (χ1) is 8.21. The van der Waals surface area contributed by atoms with E-state index >= 15 is 0 Å². The minimum atomic E-state index is -3.33. The van der Waals surface area contributed by atoms with Crippen molar-refractivity contribution in [2.45, 2.75) is 12.2 Å². The Labute approximate surface area is 102 Å². The summed E-state index contributed by atoms with van der Waals surface area (Å²) in [7, 11) is -1.89. The highest BCUT2D eigenvalue weighted by atomic mass is 32.2. The van der Waals surface area contributed by atoms with Crippen molar-refractivity contribution in [3.05, 3.63) is 26.7 Å². The Morgan fingerprint density at radius 3 is 2.44 bits per heavy atom. The molecule has 0 aliphatic carbocycles. The van der Waals surface area contributed by atoms with Gasteiger partial charge in [0.25, 0.3) is 5.56 Å². The number of fused-ring (bicyclic) bond motifs is 1. The van der Waals surface area contributed by atoms with Crippen LogP contribution in [0, 0.1) is 0 Å². The van der Waals surface area contributed by atoms with Gasteiger partial charge < -0.3 is 4.98 Å². The van der Waals surface area contributed by atoms with Gasteiger partial charge in [-0.2, -0.15) is 0 Å². The zero-order chi connectivity index (χ0) is 13.7. The molecule has 2 heterocycles. The zero-order valence-corrected chi connectivity index (χ0v) is 10.8. The summed E-state index contributed by atoms with van der Waals surface area (Å²) in [6.45, 7) is 1.46. The van der Waals surface area contributed by atoms with Gasteiger partial charge >= 0.3 is 5.69 Å². The second kappa shape index (κ2) is 3.80. The van der Waals surface area contributed by atoms with E-state index in [-0.39, 0.29) is 17.0 Å². The Hall–Kier alpha value is -1.90. The Morgan fingerprint density at radius 2 is 1.89 bits per heavy atom. The number of hydrogen-bond acceptors (Lipinski definition) is 5. The summed E-state index contributed by atoms with van der Waals surface area (Å²) in [5.74, 6) is 0.138. The fourth-order valence-electron chi connectivity index (χ4n) is 1.52. The molecule has 2 N–H and O–H groups in total. The van der Waals surface area contributed by atoms with Gasteiger partial charge in [0, 0.05) is 13.3 Å². The van der Waals surface area contributed by atoms with Gasteiger partial charge in [-0.15, -0.1) is 0 Å². The molecule has 0 saturated carbocycles. The number of aromatic amines is 2. The van der Waals surface area contributed by atoms with E-state index in [9.17, 15) is 18.0 Å². The van der Waals surface area contributed by atoms with Crippen LogP contribution in [0.5, 0.6) is 0 Å². The SMILES string of the molecule is CC(c1nc2c([nH]1)c(=O)[nH]c(=O)n2C)S(C)(=O)=O. The standard InChI is InChI=1S/C9H12N4O4S/c1-4(18(3,16)17)6-10-5-7(11-6)13(2)9(15)12-8(5)14/h4H,1-3H3,(H,10,11)(H,12,14,15). The lowest BCUT2D eigenvalue weighted by Crippen LogP contribution is -2.28. The van der Waals surface area contributed by atoms with Crippen LogP contribution in [0.15, 0.2) is 9.59 Å². The van der Waals surface area contributed by atoms with Crippen LogP contribution in [0.1, 0.15) is 18.0 Å². The van der Waals surface area contributed by atoms with Crippen molar-refractivity contribution in [2.75, 3.05) is 6.26 Å². The van der Waals surface area contributed by atoms with Gasteiger partial charge in [0.05, 0.1) is 0 Å². The second-order valence-electron chi connectivity index (χ2n) is 4.11. The van der Waals surface area contributed by atoms with E-state index in [1.54, 1.807) is 0 Å². The molecule has 2 aromatic heterocycles. The zero-order valence-electron chi connectivity index (χ0n) is 10.0. The van der Waals surface area contributed by atoms with E-state index in [2.05, 4.69) is 15.0 Å². The van der Waals surface area contributed by atoms with Gasteiger partial charge in [0.2, 0.25) is 0 Å². The van der Waals surface area contributed by atoms with E-state index < -0.39 is 26.3 Å². The van der Waals surface area contributed by atoms with E-state index in [1.807, 2.05) is 0 Å². The van der Waals surface area contributed by atoms with E-state index in [0.717, 1.165) is 10.8 Å². The van der Waals surface area contributed by atoms with E-state index in [0.29, 0.717) is 0 Å². The maximum atomic E-state index is 11.5. The monoisotopic (exact) mass is 272 g/mol. The summed E-state index contributed by atoms with van der Waals surface area (Å²) in [6, 6.07) is 0. The number of hydrogen-bond donors (Lipinski definition) is 2. The summed E-state index contributed by atoms with van der Waals surface area (Å²) < 4.78 is 24.0. The molecule has 0 saturated heterocycles.